The zero-order chi connectivity index (χ0) is 10.8. The van der Waals surface area contributed by atoms with Gasteiger partial charge in [0.05, 0.1) is 0 Å². The number of likely N-dealkylation sites (tertiary alicyclic amines) is 1. The summed E-state index contributed by atoms with van der Waals surface area (Å²) in [6, 6.07) is 8.29. The second kappa shape index (κ2) is 4.35. The zero-order valence-electron chi connectivity index (χ0n) is 8.74. The van der Waals surface area contributed by atoms with E-state index in [0.29, 0.717) is 12.3 Å². The Kier molecular flexibility index (Phi) is 3.10. The van der Waals surface area contributed by atoms with Crippen molar-refractivity contribution in [1.82, 2.24) is 4.90 Å². The summed E-state index contributed by atoms with van der Waals surface area (Å²) in [5.41, 5.74) is 1.28. The van der Waals surface area contributed by atoms with Gasteiger partial charge in [0.1, 0.15) is 0 Å². The monoisotopic (exact) mass is 267 g/mol. The number of benzene rings is 1. The van der Waals surface area contributed by atoms with E-state index in [1.54, 1.807) is 0 Å². The van der Waals surface area contributed by atoms with E-state index in [0.717, 1.165) is 17.4 Å². The van der Waals surface area contributed by atoms with E-state index < -0.39 is 0 Å². The Hall–Kier alpha value is -0.830. The molecule has 1 amide bonds. The molecule has 0 N–H and O–H groups in total. The molecule has 3 heteroatoms. The van der Waals surface area contributed by atoms with Crippen molar-refractivity contribution in [3.63, 3.8) is 0 Å². The molecule has 1 fully saturated rings. The van der Waals surface area contributed by atoms with E-state index in [-0.39, 0.29) is 5.91 Å². The number of carbonyl (C=O) groups excluding carboxylic acids is 1. The number of amides is 1. The van der Waals surface area contributed by atoms with Gasteiger partial charge in [0.25, 0.3) is 0 Å². The van der Waals surface area contributed by atoms with Crippen LogP contribution in [0.2, 0.25) is 0 Å². The third-order valence-corrected chi connectivity index (χ3v) is 3.53. The van der Waals surface area contributed by atoms with Gasteiger partial charge in [0.15, 0.2) is 0 Å². The Morgan fingerprint density at radius 1 is 1.33 bits per heavy atom. The molecule has 0 aromatic heterocycles. The molecule has 1 atom stereocenters. The van der Waals surface area contributed by atoms with E-state index in [9.17, 15) is 4.79 Å². The maximum absolute atomic E-state index is 11.6. The van der Waals surface area contributed by atoms with E-state index >= 15 is 0 Å². The highest BCUT2D eigenvalue weighted by molar-refractivity contribution is 9.10. The van der Waals surface area contributed by atoms with E-state index in [4.69, 9.17) is 0 Å². The Morgan fingerprint density at radius 3 is 2.60 bits per heavy atom. The van der Waals surface area contributed by atoms with Gasteiger partial charge in [-0.1, -0.05) is 28.1 Å². The third kappa shape index (κ3) is 2.40. The number of hydrogen-bond donors (Lipinski definition) is 0. The first-order valence-electron chi connectivity index (χ1n) is 5.16. The third-order valence-electron chi connectivity index (χ3n) is 3.00. The van der Waals surface area contributed by atoms with Gasteiger partial charge in [-0.3, -0.25) is 4.79 Å². The van der Waals surface area contributed by atoms with E-state index in [2.05, 4.69) is 28.1 Å². The second-order valence-electron chi connectivity index (χ2n) is 4.06. The van der Waals surface area contributed by atoms with Gasteiger partial charge in [-0.15, -0.1) is 0 Å². The van der Waals surface area contributed by atoms with Crippen LogP contribution in [0.1, 0.15) is 24.3 Å². The van der Waals surface area contributed by atoms with Crippen molar-refractivity contribution in [1.29, 1.82) is 0 Å². The fourth-order valence-electron chi connectivity index (χ4n) is 1.96. The summed E-state index contributed by atoms with van der Waals surface area (Å²) in [6.45, 7) is 0.875. The Morgan fingerprint density at radius 2 is 2.00 bits per heavy atom. The van der Waals surface area contributed by atoms with Gasteiger partial charge in [0.2, 0.25) is 5.91 Å². The van der Waals surface area contributed by atoms with Crippen LogP contribution in [0.25, 0.3) is 0 Å². The van der Waals surface area contributed by atoms with Gasteiger partial charge < -0.3 is 4.90 Å². The number of carbonyl (C=O) groups is 1. The molecule has 0 spiro atoms. The molecular weight excluding hydrogens is 254 g/mol. The molecule has 1 aromatic rings. The Bertz CT molecular complexity index is 360. The quantitative estimate of drug-likeness (QED) is 0.767. The molecule has 2 nitrogen and oxygen atoms in total. The average molecular weight is 268 g/mol. The van der Waals surface area contributed by atoms with Gasteiger partial charge in [-0.25, -0.2) is 0 Å². The Balaban J connectivity index is 2.12. The minimum atomic E-state index is 0.258. The highest BCUT2D eigenvalue weighted by Gasteiger charge is 2.24. The van der Waals surface area contributed by atoms with Crippen molar-refractivity contribution in [3.8, 4) is 0 Å². The van der Waals surface area contributed by atoms with Crippen molar-refractivity contribution in [3.05, 3.63) is 34.3 Å². The highest BCUT2D eigenvalue weighted by Crippen LogP contribution is 2.28. The molecule has 0 bridgehead atoms. The van der Waals surface area contributed by atoms with Crippen molar-refractivity contribution in [2.45, 2.75) is 18.8 Å². The zero-order valence-corrected chi connectivity index (χ0v) is 10.3. The molecule has 1 saturated heterocycles. The van der Waals surface area contributed by atoms with Crippen LogP contribution < -0.4 is 0 Å². The second-order valence-corrected chi connectivity index (χ2v) is 4.97. The van der Waals surface area contributed by atoms with Crippen LogP contribution in [0.15, 0.2) is 28.7 Å². The van der Waals surface area contributed by atoms with Crippen LogP contribution in [0.5, 0.6) is 0 Å². The molecule has 0 aliphatic carbocycles. The number of halogens is 1. The maximum atomic E-state index is 11.6. The largest absolute Gasteiger partial charge is 0.346 e. The molecule has 15 heavy (non-hydrogen) atoms. The molecule has 2 rings (SSSR count). The van der Waals surface area contributed by atoms with E-state index in [1.807, 2.05) is 24.1 Å². The lowest BCUT2D eigenvalue weighted by Crippen LogP contribution is -2.34. The molecule has 0 radical (unpaired) electrons. The number of nitrogens with zero attached hydrogens (tertiary/aromatic N) is 1. The molecule has 1 aliphatic heterocycles. The topological polar surface area (TPSA) is 20.3 Å². The lowest BCUT2D eigenvalue weighted by Gasteiger charge is -2.28. The highest BCUT2D eigenvalue weighted by atomic mass is 79.9. The smallest absolute Gasteiger partial charge is 0.222 e. The lowest BCUT2D eigenvalue weighted by atomic mass is 9.89. The van der Waals surface area contributed by atoms with Gasteiger partial charge in [0, 0.05) is 24.5 Å². The van der Waals surface area contributed by atoms with Gasteiger partial charge >= 0.3 is 0 Å². The van der Waals surface area contributed by atoms with Gasteiger partial charge in [-0.2, -0.15) is 0 Å². The van der Waals surface area contributed by atoms with Crippen molar-refractivity contribution >= 4 is 21.8 Å². The summed E-state index contributed by atoms with van der Waals surface area (Å²) in [5.74, 6) is 0.663. The summed E-state index contributed by atoms with van der Waals surface area (Å²) in [7, 11) is 1.88. The van der Waals surface area contributed by atoms with Crippen LogP contribution in [0, 0.1) is 0 Å². The average Bonchev–Trinajstić information content (AvgIpc) is 2.23. The molecule has 1 unspecified atom stereocenters. The van der Waals surface area contributed by atoms with Crippen molar-refractivity contribution in [2.75, 3.05) is 13.6 Å². The molecular formula is C12H14BrNO. The molecule has 1 aliphatic rings. The van der Waals surface area contributed by atoms with Crippen molar-refractivity contribution < 1.29 is 4.79 Å². The predicted molar refractivity (Wildman–Crippen MR) is 63.8 cm³/mol. The number of hydrogen-bond acceptors (Lipinski definition) is 1. The summed E-state index contributed by atoms with van der Waals surface area (Å²) in [6.07, 6.45) is 1.72. The Labute approximate surface area is 98.4 Å². The fraction of sp³-hybridized carbons (Fsp3) is 0.417. The fourth-order valence-corrected chi connectivity index (χ4v) is 2.23. The number of piperidine rings is 1. The summed E-state index contributed by atoms with van der Waals surface area (Å²) in [5, 5.41) is 0. The normalized spacial score (nSPS) is 21.9. The molecule has 1 aromatic carbocycles. The first-order valence-corrected chi connectivity index (χ1v) is 5.95. The first kappa shape index (κ1) is 10.7. The standard InChI is InChI=1S/C12H14BrNO/c1-14-7-6-10(8-12(14)15)9-2-4-11(13)5-3-9/h2-5,10H,6-8H2,1H3. The van der Waals surface area contributed by atoms with Crippen LogP contribution in [-0.4, -0.2) is 24.4 Å². The predicted octanol–water partition coefficient (Wildman–Crippen LogP) is 2.78. The first-order chi connectivity index (χ1) is 7.16. The van der Waals surface area contributed by atoms with E-state index in [1.165, 1.54) is 5.56 Å². The molecule has 80 valence electrons. The SMILES string of the molecule is CN1CCC(c2ccc(Br)cc2)CC1=O. The summed E-state index contributed by atoms with van der Waals surface area (Å²) >= 11 is 3.42. The molecule has 1 heterocycles. The summed E-state index contributed by atoms with van der Waals surface area (Å²) in [4.78, 5) is 13.4. The maximum Gasteiger partial charge on any atom is 0.222 e. The van der Waals surface area contributed by atoms with Crippen LogP contribution in [0.3, 0.4) is 0 Å². The lowest BCUT2D eigenvalue weighted by molar-refractivity contribution is -0.132. The van der Waals surface area contributed by atoms with Crippen LogP contribution >= 0.6 is 15.9 Å². The van der Waals surface area contributed by atoms with Crippen molar-refractivity contribution in [2.24, 2.45) is 0 Å². The van der Waals surface area contributed by atoms with Gasteiger partial charge in [-0.05, 0) is 30.0 Å². The summed E-state index contributed by atoms with van der Waals surface area (Å²) < 4.78 is 1.09. The van der Waals surface area contributed by atoms with Crippen LogP contribution in [0.4, 0.5) is 0 Å². The minimum absolute atomic E-state index is 0.258. The molecule has 0 saturated carbocycles. The van der Waals surface area contributed by atoms with Crippen LogP contribution in [-0.2, 0) is 4.79 Å². The minimum Gasteiger partial charge on any atom is -0.346 e. The number of rotatable bonds is 1.